The molecule has 2 aliphatic heterocycles. The third-order valence-electron chi connectivity index (χ3n) is 4.00. The largest absolute Gasteiger partial charge is 0.406 e. The lowest BCUT2D eigenvalue weighted by atomic mass is 10.1. The van der Waals surface area contributed by atoms with Gasteiger partial charge in [-0.15, -0.1) is 0 Å². The number of para-hydroxylation sites is 1. The molecule has 0 aliphatic carbocycles. The number of carbonyl (C=O) groups is 1. The molecule has 21 heavy (non-hydrogen) atoms. The van der Waals surface area contributed by atoms with E-state index in [9.17, 15) is 22.4 Å². The molecule has 0 spiro atoms. The zero-order valence-electron chi connectivity index (χ0n) is 11.2. The van der Waals surface area contributed by atoms with Gasteiger partial charge in [0.15, 0.2) is 0 Å². The van der Waals surface area contributed by atoms with Crippen LogP contribution in [-0.4, -0.2) is 42.7 Å². The van der Waals surface area contributed by atoms with Gasteiger partial charge in [0.05, 0.1) is 5.69 Å². The fourth-order valence-electron chi connectivity index (χ4n) is 3.13. The van der Waals surface area contributed by atoms with E-state index in [1.807, 2.05) is 0 Å². The van der Waals surface area contributed by atoms with Gasteiger partial charge in [-0.2, -0.15) is 13.2 Å². The molecule has 1 atom stereocenters. The molecule has 1 fully saturated rings. The second-order valence-electron chi connectivity index (χ2n) is 5.37. The number of alkyl halides is 3. The summed E-state index contributed by atoms with van der Waals surface area (Å²) in [6.07, 6.45) is -3.50. The summed E-state index contributed by atoms with van der Waals surface area (Å²) >= 11 is 0. The number of amides is 1. The monoisotopic (exact) mass is 302 g/mol. The SMILES string of the molecule is O=C1C(N2CCc3cccc(F)c32)CCN1CC(F)(F)F. The van der Waals surface area contributed by atoms with E-state index in [4.69, 9.17) is 0 Å². The number of hydrogen-bond donors (Lipinski definition) is 0. The minimum Gasteiger partial charge on any atom is -0.357 e. The van der Waals surface area contributed by atoms with Gasteiger partial charge < -0.3 is 9.80 Å². The fourth-order valence-corrected chi connectivity index (χ4v) is 3.13. The lowest BCUT2D eigenvalue weighted by molar-refractivity contribution is -0.157. The average molecular weight is 302 g/mol. The van der Waals surface area contributed by atoms with Gasteiger partial charge in [-0.25, -0.2) is 4.39 Å². The third-order valence-corrected chi connectivity index (χ3v) is 4.00. The van der Waals surface area contributed by atoms with Crippen molar-refractivity contribution in [3.05, 3.63) is 29.6 Å². The van der Waals surface area contributed by atoms with Gasteiger partial charge in [-0.3, -0.25) is 4.79 Å². The second kappa shape index (κ2) is 4.89. The molecular formula is C14H14F4N2O. The van der Waals surface area contributed by atoms with Crippen molar-refractivity contribution >= 4 is 11.6 Å². The van der Waals surface area contributed by atoms with Crippen molar-refractivity contribution in [3.63, 3.8) is 0 Å². The number of anilines is 1. The Hall–Kier alpha value is -1.79. The van der Waals surface area contributed by atoms with Crippen LogP contribution < -0.4 is 4.90 Å². The molecule has 1 aromatic carbocycles. The number of hydrogen-bond acceptors (Lipinski definition) is 2. The molecule has 0 aromatic heterocycles. The summed E-state index contributed by atoms with van der Waals surface area (Å²) in [4.78, 5) is 14.6. The first-order valence-electron chi connectivity index (χ1n) is 6.76. The Labute approximate surface area is 119 Å². The van der Waals surface area contributed by atoms with E-state index in [2.05, 4.69) is 0 Å². The number of fused-ring (bicyclic) bond motifs is 1. The van der Waals surface area contributed by atoms with Crippen molar-refractivity contribution in [3.8, 4) is 0 Å². The molecule has 3 rings (SSSR count). The van der Waals surface area contributed by atoms with Crippen molar-refractivity contribution in [2.45, 2.75) is 25.1 Å². The first-order valence-corrected chi connectivity index (χ1v) is 6.76. The number of benzene rings is 1. The minimum absolute atomic E-state index is 0.0588. The molecule has 114 valence electrons. The van der Waals surface area contributed by atoms with Gasteiger partial charge in [0.1, 0.15) is 18.4 Å². The Morgan fingerprint density at radius 1 is 1.24 bits per heavy atom. The first-order chi connectivity index (χ1) is 9.87. The molecular weight excluding hydrogens is 288 g/mol. The maximum absolute atomic E-state index is 13.9. The van der Waals surface area contributed by atoms with Gasteiger partial charge in [0, 0.05) is 13.1 Å². The number of carbonyl (C=O) groups excluding carboxylic acids is 1. The minimum atomic E-state index is -4.40. The van der Waals surface area contributed by atoms with Crippen LogP contribution in [0.25, 0.3) is 0 Å². The molecule has 2 aliphatic rings. The predicted octanol–water partition coefficient (Wildman–Crippen LogP) is 2.35. The molecule has 1 saturated heterocycles. The van der Waals surface area contributed by atoms with Crippen LogP contribution in [0.15, 0.2) is 18.2 Å². The summed E-state index contributed by atoms with van der Waals surface area (Å²) in [5.41, 5.74) is 1.17. The summed E-state index contributed by atoms with van der Waals surface area (Å²) in [5.74, 6) is -0.990. The fraction of sp³-hybridized carbons (Fsp3) is 0.500. The Bertz CT molecular complexity index is 573. The van der Waals surface area contributed by atoms with Gasteiger partial charge >= 0.3 is 6.18 Å². The maximum Gasteiger partial charge on any atom is 0.406 e. The molecule has 1 amide bonds. The van der Waals surface area contributed by atoms with E-state index in [0.29, 0.717) is 25.1 Å². The number of nitrogens with zero attached hydrogens (tertiary/aromatic N) is 2. The predicted molar refractivity (Wildman–Crippen MR) is 68.5 cm³/mol. The standard InChI is InChI=1S/C14H14F4N2O/c15-10-3-1-2-9-4-7-20(12(9)10)11-5-6-19(13(11)21)8-14(16,17)18/h1-3,11H,4-8H2. The van der Waals surface area contributed by atoms with Crippen LogP contribution in [0.2, 0.25) is 0 Å². The van der Waals surface area contributed by atoms with E-state index < -0.39 is 30.5 Å². The highest BCUT2D eigenvalue weighted by Gasteiger charge is 2.43. The Morgan fingerprint density at radius 2 is 2.00 bits per heavy atom. The average Bonchev–Trinajstić information content (AvgIpc) is 2.94. The topological polar surface area (TPSA) is 23.6 Å². The second-order valence-corrected chi connectivity index (χ2v) is 5.37. The van der Waals surface area contributed by atoms with Crippen molar-refractivity contribution in [2.75, 3.05) is 24.5 Å². The van der Waals surface area contributed by atoms with Crippen LogP contribution in [0, 0.1) is 5.82 Å². The van der Waals surface area contributed by atoms with Crippen molar-refractivity contribution in [1.29, 1.82) is 0 Å². The van der Waals surface area contributed by atoms with Crippen LogP contribution in [0.4, 0.5) is 23.2 Å². The smallest absolute Gasteiger partial charge is 0.357 e. The highest BCUT2D eigenvalue weighted by molar-refractivity contribution is 5.88. The molecule has 1 aromatic rings. The number of rotatable bonds is 2. The summed E-state index contributed by atoms with van der Waals surface area (Å²) in [6, 6.07) is 4.00. The van der Waals surface area contributed by atoms with E-state index in [1.165, 1.54) is 6.07 Å². The molecule has 0 bridgehead atoms. The molecule has 0 saturated carbocycles. The Balaban J connectivity index is 1.80. The lowest BCUT2D eigenvalue weighted by Gasteiger charge is -2.26. The number of halogens is 4. The molecule has 3 nitrogen and oxygen atoms in total. The van der Waals surface area contributed by atoms with E-state index in [0.717, 1.165) is 10.5 Å². The van der Waals surface area contributed by atoms with Crippen molar-refractivity contribution in [2.24, 2.45) is 0 Å². The van der Waals surface area contributed by atoms with Crippen LogP contribution >= 0.6 is 0 Å². The summed E-state index contributed by atoms with van der Waals surface area (Å²) in [6.45, 7) is -0.712. The number of likely N-dealkylation sites (tertiary alicyclic amines) is 1. The first kappa shape index (κ1) is 14.2. The Morgan fingerprint density at radius 3 is 2.71 bits per heavy atom. The molecule has 0 radical (unpaired) electrons. The van der Waals surface area contributed by atoms with E-state index in [-0.39, 0.29) is 6.54 Å². The highest BCUT2D eigenvalue weighted by Crippen LogP contribution is 2.35. The van der Waals surface area contributed by atoms with Crippen LogP contribution in [0.1, 0.15) is 12.0 Å². The summed E-state index contributed by atoms with van der Waals surface area (Å²) < 4.78 is 51.2. The van der Waals surface area contributed by atoms with Crippen LogP contribution in [0.5, 0.6) is 0 Å². The van der Waals surface area contributed by atoms with Crippen LogP contribution in [-0.2, 0) is 11.2 Å². The highest BCUT2D eigenvalue weighted by atomic mass is 19.4. The van der Waals surface area contributed by atoms with E-state index in [1.54, 1.807) is 17.0 Å². The summed E-state index contributed by atoms with van der Waals surface area (Å²) in [7, 11) is 0. The molecule has 2 heterocycles. The van der Waals surface area contributed by atoms with Crippen molar-refractivity contribution < 1.29 is 22.4 Å². The van der Waals surface area contributed by atoms with E-state index >= 15 is 0 Å². The van der Waals surface area contributed by atoms with Gasteiger partial charge in [0.2, 0.25) is 5.91 Å². The quantitative estimate of drug-likeness (QED) is 0.783. The summed E-state index contributed by atoms with van der Waals surface area (Å²) in [5, 5.41) is 0. The maximum atomic E-state index is 13.9. The zero-order valence-corrected chi connectivity index (χ0v) is 11.2. The molecule has 0 N–H and O–H groups in total. The van der Waals surface area contributed by atoms with Crippen molar-refractivity contribution in [1.82, 2.24) is 4.90 Å². The normalized spacial score (nSPS) is 22.1. The molecule has 1 unspecified atom stereocenters. The van der Waals surface area contributed by atoms with Crippen LogP contribution in [0.3, 0.4) is 0 Å². The van der Waals surface area contributed by atoms with Gasteiger partial charge in [-0.1, -0.05) is 12.1 Å². The lowest BCUT2D eigenvalue weighted by Crippen LogP contribution is -2.43. The van der Waals surface area contributed by atoms with Gasteiger partial charge in [-0.05, 0) is 24.5 Å². The van der Waals surface area contributed by atoms with Gasteiger partial charge in [0.25, 0.3) is 0 Å². The zero-order chi connectivity index (χ0) is 15.2. The Kier molecular flexibility index (Phi) is 3.30. The third kappa shape index (κ3) is 2.56. The molecule has 7 heteroatoms.